The number of nitrogens with zero attached hydrogens (tertiary/aromatic N) is 1. The number of hydrogen-bond acceptors (Lipinski definition) is 3. The van der Waals surface area contributed by atoms with Gasteiger partial charge in [0.25, 0.3) is 0 Å². The van der Waals surface area contributed by atoms with Gasteiger partial charge in [-0.1, -0.05) is 13.3 Å². The number of rotatable bonds is 5. The molecule has 1 heterocycles. The summed E-state index contributed by atoms with van der Waals surface area (Å²) in [6.07, 6.45) is 5.02. The fourth-order valence-electron chi connectivity index (χ4n) is 1.33. The molecule has 0 spiro atoms. The number of carbonyl (C=O) groups is 1. The number of aromatic nitrogens is 1. The van der Waals surface area contributed by atoms with Crippen LogP contribution in [-0.2, 0) is 11.3 Å². The summed E-state index contributed by atoms with van der Waals surface area (Å²) in [6.45, 7) is 2.89. The molecule has 0 aromatic carbocycles. The van der Waals surface area contributed by atoms with Crippen LogP contribution in [0.3, 0.4) is 0 Å². The topological polar surface area (TPSA) is 77.1 Å². The van der Waals surface area contributed by atoms with Gasteiger partial charge in [0, 0.05) is 18.9 Å². The summed E-state index contributed by atoms with van der Waals surface area (Å²) in [5.74, 6) is -0.0894. The second-order valence-electron chi connectivity index (χ2n) is 3.77. The van der Waals surface area contributed by atoms with Crippen LogP contribution in [0, 0.1) is 0 Å². The lowest BCUT2D eigenvalue weighted by Gasteiger charge is -2.08. The van der Waals surface area contributed by atoms with Crippen molar-refractivity contribution in [2.45, 2.75) is 26.3 Å². The van der Waals surface area contributed by atoms with Gasteiger partial charge in [0.15, 0.2) is 0 Å². The molecule has 0 aliphatic rings. The number of anilines is 1. The summed E-state index contributed by atoms with van der Waals surface area (Å²) < 4.78 is 1.95. The van der Waals surface area contributed by atoms with E-state index in [1.165, 1.54) is 6.20 Å². The number of nitrogens with two attached hydrogens (primary N) is 1. The van der Waals surface area contributed by atoms with Gasteiger partial charge in [-0.2, -0.15) is 0 Å². The van der Waals surface area contributed by atoms with Gasteiger partial charge in [0.1, 0.15) is 6.54 Å². The van der Waals surface area contributed by atoms with Crippen molar-refractivity contribution in [1.29, 1.82) is 0 Å². The molecule has 3 N–H and O–H groups in total. The maximum absolute atomic E-state index is 11.5. The molecule has 0 unspecified atom stereocenters. The number of halogens is 1. The molecule has 0 fully saturated rings. The molecule has 0 bridgehead atoms. The van der Waals surface area contributed by atoms with Crippen molar-refractivity contribution in [3.8, 4) is 0 Å². The number of hydrogen-bond donors (Lipinski definition) is 2. The van der Waals surface area contributed by atoms with Gasteiger partial charge >= 0.3 is 0 Å². The Morgan fingerprint density at radius 3 is 2.82 bits per heavy atom. The number of nitrogen functional groups attached to an aromatic ring is 1. The quantitative estimate of drug-likeness (QED) is 0.800. The fraction of sp³-hybridized carbons (Fsp3) is 0.455. The lowest BCUT2D eigenvalue weighted by molar-refractivity contribution is -0.121. The summed E-state index contributed by atoms with van der Waals surface area (Å²) >= 11 is 3.11. The molecule has 0 aliphatic carbocycles. The van der Waals surface area contributed by atoms with E-state index in [0.29, 0.717) is 11.0 Å². The molecule has 0 saturated heterocycles. The lowest BCUT2D eigenvalue weighted by atomic mass is 10.3. The Labute approximate surface area is 108 Å². The normalized spacial score (nSPS) is 10.2. The Morgan fingerprint density at radius 2 is 2.24 bits per heavy atom. The zero-order valence-corrected chi connectivity index (χ0v) is 11.3. The first kappa shape index (κ1) is 13.8. The smallest absolute Gasteiger partial charge is 0.239 e. The largest absolute Gasteiger partial charge is 0.394 e. The molecular formula is C11H16BrN3O2. The van der Waals surface area contributed by atoms with E-state index in [4.69, 9.17) is 5.73 Å². The molecule has 0 atom stereocenters. The van der Waals surface area contributed by atoms with Crippen molar-refractivity contribution >= 4 is 27.5 Å². The molecule has 94 valence electrons. The standard InChI is InChI=1S/C11H16BrN3O2/c1-2-3-4-14-10(16)7-15-5-8(12)11(17)9(13)6-15/h5-6H,2-4,7,13H2,1H3,(H,14,16). The highest BCUT2D eigenvalue weighted by molar-refractivity contribution is 9.10. The van der Waals surface area contributed by atoms with Crippen molar-refractivity contribution in [3.05, 3.63) is 27.1 Å². The van der Waals surface area contributed by atoms with E-state index in [0.717, 1.165) is 12.8 Å². The Kier molecular flexibility index (Phi) is 5.21. The van der Waals surface area contributed by atoms with Crippen LogP contribution in [0.15, 0.2) is 21.7 Å². The number of pyridine rings is 1. The summed E-state index contributed by atoms with van der Waals surface area (Å²) in [5.41, 5.74) is 5.39. The molecule has 1 amide bonds. The molecule has 1 aromatic rings. The molecule has 1 rings (SSSR count). The highest BCUT2D eigenvalue weighted by Gasteiger charge is 2.05. The Hall–Kier alpha value is -1.30. The van der Waals surface area contributed by atoms with Crippen molar-refractivity contribution in [3.63, 3.8) is 0 Å². The van der Waals surface area contributed by atoms with Gasteiger partial charge in [0.05, 0.1) is 10.2 Å². The first-order chi connectivity index (χ1) is 8.04. The minimum absolute atomic E-state index is 0.0894. The number of unbranched alkanes of at least 4 members (excludes halogenated alkanes) is 1. The molecule has 0 radical (unpaired) electrons. The third-order valence-electron chi connectivity index (χ3n) is 2.24. The van der Waals surface area contributed by atoms with E-state index in [1.54, 1.807) is 10.8 Å². The highest BCUT2D eigenvalue weighted by atomic mass is 79.9. The second kappa shape index (κ2) is 6.44. The van der Waals surface area contributed by atoms with Gasteiger partial charge in [-0.25, -0.2) is 0 Å². The van der Waals surface area contributed by atoms with E-state index in [9.17, 15) is 9.59 Å². The van der Waals surface area contributed by atoms with E-state index >= 15 is 0 Å². The van der Waals surface area contributed by atoms with Crippen LogP contribution in [0.1, 0.15) is 19.8 Å². The molecule has 1 aromatic heterocycles. The van der Waals surface area contributed by atoms with Crippen LogP contribution >= 0.6 is 15.9 Å². The maximum Gasteiger partial charge on any atom is 0.239 e. The molecule has 17 heavy (non-hydrogen) atoms. The lowest BCUT2D eigenvalue weighted by Crippen LogP contribution is -2.29. The molecule has 0 saturated carbocycles. The van der Waals surface area contributed by atoms with E-state index in [1.807, 2.05) is 0 Å². The summed E-state index contributed by atoms with van der Waals surface area (Å²) in [5, 5.41) is 2.79. The molecule has 0 aliphatic heterocycles. The first-order valence-corrected chi connectivity index (χ1v) is 6.25. The van der Waals surface area contributed by atoms with Crippen LogP contribution in [0.25, 0.3) is 0 Å². The van der Waals surface area contributed by atoms with Gasteiger partial charge in [0.2, 0.25) is 11.3 Å². The van der Waals surface area contributed by atoms with Crippen molar-refractivity contribution in [2.75, 3.05) is 12.3 Å². The fourth-order valence-corrected chi connectivity index (χ4v) is 1.83. The van der Waals surface area contributed by atoms with E-state index < -0.39 is 0 Å². The first-order valence-electron chi connectivity index (χ1n) is 5.46. The summed E-state index contributed by atoms with van der Waals surface area (Å²) in [6, 6.07) is 0. The second-order valence-corrected chi connectivity index (χ2v) is 4.62. The SMILES string of the molecule is CCCCNC(=O)Cn1cc(N)c(=O)c(Br)c1. The minimum atomic E-state index is -0.257. The van der Waals surface area contributed by atoms with E-state index in [2.05, 4.69) is 28.2 Å². The summed E-state index contributed by atoms with van der Waals surface area (Å²) in [4.78, 5) is 22.9. The number of nitrogens with one attached hydrogen (secondary N) is 1. The zero-order valence-electron chi connectivity index (χ0n) is 9.70. The van der Waals surface area contributed by atoms with Crippen LogP contribution in [0.2, 0.25) is 0 Å². The van der Waals surface area contributed by atoms with Crippen molar-refractivity contribution in [1.82, 2.24) is 9.88 Å². The van der Waals surface area contributed by atoms with Crippen LogP contribution in [0.5, 0.6) is 0 Å². The average Bonchev–Trinajstić information content (AvgIpc) is 2.26. The van der Waals surface area contributed by atoms with Gasteiger partial charge in [-0.05, 0) is 22.4 Å². The van der Waals surface area contributed by atoms with Gasteiger partial charge < -0.3 is 15.6 Å². The van der Waals surface area contributed by atoms with Crippen LogP contribution in [0.4, 0.5) is 5.69 Å². The number of amides is 1. The van der Waals surface area contributed by atoms with Crippen LogP contribution < -0.4 is 16.5 Å². The Bertz CT molecular complexity index is 430. The monoisotopic (exact) mass is 301 g/mol. The third-order valence-corrected chi connectivity index (χ3v) is 2.81. The van der Waals surface area contributed by atoms with Gasteiger partial charge in [-0.15, -0.1) is 0 Å². The maximum atomic E-state index is 11.5. The Balaban J connectivity index is 2.63. The predicted molar refractivity (Wildman–Crippen MR) is 70.7 cm³/mol. The van der Waals surface area contributed by atoms with Crippen LogP contribution in [-0.4, -0.2) is 17.0 Å². The Morgan fingerprint density at radius 1 is 1.53 bits per heavy atom. The predicted octanol–water partition coefficient (Wildman–Crippen LogP) is 1.11. The average molecular weight is 302 g/mol. The van der Waals surface area contributed by atoms with Crippen molar-refractivity contribution < 1.29 is 4.79 Å². The number of carbonyl (C=O) groups excluding carboxylic acids is 1. The molecule has 6 heteroatoms. The van der Waals surface area contributed by atoms with Crippen molar-refractivity contribution in [2.24, 2.45) is 0 Å². The summed E-state index contributed by atoms with van der Waals surface area (Å²) in [7, 11) is 0. The minimum Gasteiger partial charge on any atom is -0.394 e. The molecular weight excluding hydrogens is 286 g/mol. The molecule has 5 nitrogen and oxygen atoms in total. The van der Waals surface area contributed by atoms with Gasteiger partial charge in [-0.3, -0.25) is 9.59 Å². The zero-order chi connectivity index (χ0) is 12.8. The van der Waals surface area contributed by atoms with E-state index in [-0.39, 0.29) is 23.6 Å². The highest BCUT2D eigenvalue weighted by Crippen LogP contribution is 2.05. The third kappa shape index (κ3) is 4.22.